The van der Waals surface area contributed by atoms with Crippen LogP contribution in [0.2, 0.25) is 0 Å². The molecular weight excluding hydrogens is 406 g/mol. The average Bonchev–Trinajstić information content (AvgIpc) is 3.18. The molecule has 0 radical (unpaired) electrons. The fourth-order valence-electron chi connectivity index (χ4n) is 3.99. The third-order valence-corrected chi connectivity index (χ3v) is 6.98. The average molecular weight is 432 g/mol. The smallest absolute Gasteiger partial charge is 0.276 e. The van der Waals surface area contributed by atoms with Crippen molar-refractivity contribution in [1.29, 1.82) is 0 Å². The molecule has 1 fully saturated rings. The van der Waals surface area contributed by atoms with E-state index in [9.17, 15) is 13.2 Å². The van der Waals surface area contributed by atoms with Crippen molar-refractivity contribution in [3.63, 3.8) is 0 Å². The minimum atomic E-state index is -3.52. The summed E-state index contributed by atoms with van der Waals surface area (Å²) in [6, 6.07) is 3.55. The van der Waals surface area contributed by atoms with Gasteiger partial charge < -0.3 is 15.0 Å². The summed E-state index contributed by atoms with van der Waals surface area (Å²) >= 11 is 0. The Bertz CT molecular complexity index is 1230. The molecule has 3 atom stereocenters. The molecule has 0 amide bonds. The maximum atomic E-state index is 13.4. The Hall–Kier alpha value is -2.56. The summed E-state index contributed by atoms with van der Waals surface area (Å²) in [6.45, 7) is 4.80. The van der Waals surface area contributed by atoms with Gasteiger partial charge in [0.25, 0.3) is 5.56 Å². The summed E-state index contributed by atoms with van der Waals surface area (Å²) in [5.74, 6) is 0. The molecule has 1 aliphatic rings. The maximum absolute atomic E-state index is 13.4. The second kappa shape index (κ2) is 7.93. The number of nitrogens with zero attached hydrogens (tertiary/aromatic N) is 3. The van der Waals surface area contributed by atoms with E-state index in [1.54, 1.807) is 19.3 Å². The molecule has 9 nitrogen and oxygen atoms in total. The predicted octanol–water partition coefficient (Wildman–Crippen LogP) is 1.79. The van der Waals surface area contributed by atoms with E-state index in [0.717, 1.165) is 17.2 Å². The highest BCUT2D eigenvalue weighted by atomic mass is 32.2. The molecule has 1 aliphatic heterocycles. The van der Waals surface area contributed by atoms with Crippen molar-refractivity contribution in [2.45, 2.75) is 37.8 Å². The van der Waals surface area contributed by atoms with Gasteiger partial charge >= 0.3 is 0 Å². The fraction of sp³-hybridized carbons (Fsp3) is 0.450. The first-order valence-corrected chi connectivity index (χ1v) is 11.9. The molecule has 0 aliphatic carbocycles. The lowest BCUT2D eigenvalue weighted by Gasteiger charge is -2.30. The number of rotatable bonds is 5. The van der Waals surface area contributed by atoms with E-state index in [2.05, 4.69) is 20.3 Å². The van der Waals surface area contributed by atoms with Gasteiger partial charge in [0.1, 0.15) is 22.8 Å². The molecule has 0 aromatic carbocycles. The van der Waals surface area contributed by atoms with Crippen molar-refractivity contribution >= 4 is 20.9 Å². The molecule has 10 heteroatoms. The van der Waals surface area contributed by atoms with Crippen molar-refractivity contribution < 1.29 is 13.2 Å². The number of nitrogens with one attached hydrogen (secondary N) is 2. The molecule has 160 valence electrons. The number of aromatic nitrogens is 4. The first-order valence-electron chi connectivity index (χ1n) is 9.90. The standard InChI is InChI=1S/C20H25N5O4S/c1-4-16(30(3,27)28)25-11-15(13-5-7-22-19-14(13)6-8-23-19)24-17(20(25)26)18-12(2)21-9-10-29-18/h5-8,11-12,16,18,21H,4,9-10H2,1-3H3,(H,22,23)/t12?,16?,18-/m1/s1. The zero-order chi connectivity index (χ0) is 21.5. The molecule has 3 aromatic rings. The van der Waals surface area contributed by atoms with Gasteiger partial charge in [-0.3, -0.25) is 9.36 Å². The van der Waals surface area contributed by atoms with Crippen LogP contribution in [-0.2, 0) is 14.6 Å². The van der Waals surface area contributed by atoms with Crippen molar-refractivity contribution in [2.24, 2.45) is 0 Å². The topological polar surface area (TPSA) is 119 Å². The molecule has 4 rings (SSSR count). The lowest BCUT2D eigenvalue weighted by atomic mass is 10.1. The van der Waals surface area contributed by atoms with Crippen LogP contribution in [0, 0.1) is 0 Å². The van der Waals surface area contributed by atoms with E-state index in [1.807, 2.05) is 19.1 Å². The molecule has 2 unspecified atom stereocenters. The lowest BCUT2D eigenvalue weighted by Crippen LogP contribution is -2.45. The minimum absolute atomic E-state index is 0.134. The van der Waals surface area contributed by atoms with Gasteiger partial charge in [0, 0.05) is 48.4 Å². The number of sulfone groups is 1. The van der Waals surface area contributed by atoms with Crippen LogP contribution >= 0.6 is 0 Å². The van der Waals surface area contributed by atoms with E-state index in [-0.39, 0.29) is 18.2 Å². The molecule has 2 N–H and O–H groups in total. The summed E-state index contributed by atoms with van der Waals surface area (Å²) in [4.78, 5) is 25.4. The fourth-order valence-corrected chi connectivity index (χ4v) is 5.16. The molecule has 0 spiro atoms. The molecular formula is C20H25N5O4S. The Balaban J connectivity index is 1.99. The van der Waals surface area contributed by atoms with Crippen molar-refractivity contribution in [1.82, 2.24) is 24.8 Å². The van der Waals surface area contributed by atoms with Gasteiger partial charge in [-0.05, 0) is 25.5 Å². The van der Waals surface area contributed by atoms with Gasteiger partial charge in [0.15, 0.2) is 9.84 Å². The molecule has 4 heterocycles. The Morgan fingerprint density at radius 2 is 2.17 bits per heavy atom. The van der Waals surface area contributed by atoms with Gasteiger partial charge in [0.05, 0.1) is 12.3 Å². The molecule has 0 saturated carbocycles. The second-order valence-corrected chi connectivity index (χ2v) is 9.75. The van der Waals surface area contributed by atoms with Crippen LogP contribution in [0.4, 0.5) is 0 Å². The van der Waals surface area contributed by atoms with E-state index in [4.69, 9.17) is 4.74 Å². The highest BCUT2D eigenvalue weighted by Crippen LogP contribution is 2.29. The number of morpholine rings is 1. The first kappa shape index (κ1) is 20.7. The normalized spacial score (nSPS) is 21.0. The van der Waals surface area contributed by atoms with Crippen LogP contribution in [0.1, 0.15) is 37.4 Å². The minimum Gasteiger partial charge on any atom is -0.369 e. The van der Waals surface area contributed by atoms with Crippen LogP contribution in [-0.4, -0.2) is 53.4 Å². The van der Waals surface area contributed by atoms with Crippen molar-refractivity contribution in [3.8, 4) is 11.3 Å². The van der Waals surface area contributed by atoms with Crippen LogP contribution in [0.25, 0.3) is 22.3 Å². The van der Waals surface area contributed by atoms with E-state index < -0.39 is 26.9 Å². The SMILES string of the molecule is CCC(n1cc(-c2ccnc3[nH]ccc23)nc([C@@H]2OCCNC2C)c1=O)S(C)(=O)=O. The highest BCUT2D eigenvalue weighted by Gasteiger charge is 2.31. The highest BCUT2D eigenvalue weighted by molar-refractivity contribution is 7.90. The van der Waals surface area contributed by atoms with Gasteiger partial charge in [-0.1, -0.05) is 6.92 Å². The number of aromatic amines is 1. The van der Waals surface area contributed by atoms with Gasteiger partial charge in [-0.15, -0.1) is 0 Å². The van der Waals surface area contributed by atoms with Crippen LogP contribution in [0.3, 0.4) is 0 Å². The summed E-state index contributed by atoms with van der Waals surface area (Å²) in [6.07, 6.45) is 5.80. The van der Waals surface area contributed by atoms with Crippen molar-refractivity contribution in [3.05, 3.63) is 46.8 Å². The number of ether oxygens (including phenoxy) is 1. The summed E-state index contributed by atoms with van der Waals surface area (Å²) < 4.78 is 32.1. The van der Waals surface area contributed by atoms with E-state index in [0.29, 0.717) is 24.5 Å². The van der Waals surface area contributed by atoms with Gasteiger partial charge in [-0.2, -0.15) is 0 Å². The summed E-state index contributed by atoms with van der Waals surface area (Å²) in [5.41, 5.74) is 1.70. The monoisotopic (exact) mass is 431 g/mol. The van der Waals surface area contributed by atoms with Crippen LogP contribution < -0.4 is 10.9 Å². The quantitative estimate of drug-likeness (QED) is 0.632. The Labute approximate surface area is 174 Å². The molecule has 3 aromatic heterocycles. The van der Waals surface area contributed by atoms with Crippen LogP contribution in [0.5, 0.6) is 0 Å². The number of hydrogen-bond acceptors (Lipinski definition) is 7. The Morgan fingerprint density at radius 1 is 1.37 bits per heavy atom. The largest absolute Gasteiger partial charge is 0.369 e. The third-order valence-electron chi connectivity index (χ3n) is 5.44. The third kappa shape index (κ3) is 3.66. The molecule has 30 heavy (non-hydrogen) atoms. The number of fused-ring (bicyclic) bond motifs is 1. The predicted molar refractivity (Wildman–Crippen MR) is 114 cm³/mol. The van der Waals surface area contributed by atoms with Gasteiger partial charge in [0.2, 0.25) is 0 Å². The van der Waals surface area contributed by atoms with Crippen molar-refractivity contribution in [2.75, 3.05) is 19.4 Å². The van der Waals surface area contributed by atoms with Gasteiger partial charge in [-0.25, -0.2) is 18.4 Å². The van der Waals surface area contributed by atoms with Crippen LogP contribution in [0.15, 0.2) is 35.5 Å². The number of pyridine rings is 1. The number of hydrogen-bond donors (Lipinski definition) is 2. The first-order chi connectivity index (χ1) is 14.3. The summed E-state index contributed by atoms with van der Waals surface area (Å²) in [7, 11) is -3.52. The number of H-pyrrole nitrogens is 1. The molecule has 0 bridgehead atoms. The Morgan fingerprint density at radius 3 is 2.87 bits per heavy atom. The maximum Gasteiger partial charge on any atom is 0.276 e. The summed E-state index contributed by atoms with van der Waals surface area (Å²) in [5, 5.41) is 3.14. The lowest BCUT2D eigenvalue weighted by molar-refractivity contribution is -0.00397. The molecule has 1 saturated heterocycles. The Kier molecular flexibility index (Phi) is 5.48. The van der Waals surface area contributed by atoms with E-state index >= 15 is 0 Å². The van der Waals surface area contributed by atoms with E-state index in [1.165, 1.54) is 10.8 Å². The zero-order valence-electron chi connectivity index (χ0n) is 17.1. The second-order valence-electron chi connectivity index (χ2n) is 7.55. The zero-order valence-corrected chi connectivity index (χ0v) is 17.9.